The Bertz CT molecular complexity index is 899. The lowest BCUT2D eigenvalue weighted by molar-refractivity contribution is -0.115. The molecule has 2 aromatic heterocycles. The van der Waals surface area contributed by atoms with E-state index in [1.807, 2.05) is 5.38 Å². The Labute approximate surface area is 167 Å². The maximum atomic E-state index is 12.0. The SMILES string of the molecule is CN1CCN(Cc2ccc(-c3nc(CC(=O)Nc4ncn[nH]4)cs3)cc2)CC1. The summed E-state index contributed by atoms with van der Waals surface area (Å²) in [5.74, 6) is 0.174. The molecular formula is C19H23N7OS. The molecule has 0 aliphatic carbocycles. The molecule has 3 heterocycles. The Morgan fingerprint density at radius 3 is 2.71 bits per heavy atom. The third-order valence-corrected chi connectivity index (χ3v) is 5.71. The number of piperazine rings is 1. The van der Waals surface area contributed by atoms with Crippen LogP contribution in [0.25, 0.3) is 10.6 Å². The summed E-state index contributed by atoms with van der Waals surface area (Å²) in [7, 11) is 2.17. The minimum atomic E-state index is -0.170. The number of likely N-dealkylation sites (N-methyl/N-ethyl adjacent to an activating group) is 1. The van der Waals surface area contributed by atoms with Crippen LogP contribution >= 0.6 is 11.3 Å². The third-order valence-electron chi connectivity index (χ3n) is 4.77. The summed E-state index contributed by atoms with van der Waals surface area (Å²) in [5.41, 5.74) is 3.14. The maximum absolute atomic E-state index is 12.0. The highest BCUT2D eigenvalue weighted by molar-refractivity contribution is 7.13. The summed E-state index contributed by atoms with van der Waals surface area (Å²) in [6.07, 6.45) is 1.56. The molecule has 146 valence electrons. The second-order valence-electron chi connectivity index (χ2n) is 6.98. The number of carbonyl (C=O) groups excluding carboxylic acids is 1. The minimum Gasteiger partial charge on any atom is -0.304 e. The zero-order chi connectivity index (χ0) is 19.3. The van der Waals surface area contributed by atoms with Gasteiger partial charge in [-0.25, -0.2) is 10.1 Å². The number of aromatic nitrogens is 4. The van der Waals surface area contributed by atoms with Crippen molar-refractivity contribution in [2.75, 3.05) is 38.5 Å². The highest BCUT2D eigenvalue weighted by atomic mass is 32.1. The predicted molar refractivity (Wildman–Crippen MR) is 109 cm³/mol. The summed E-state index contributed by atoms with van der Waals surface area (Å²) < 4.78 is 0. The van der Waals surface area contributed by atoms with Crippen LogP contribution in [0.5, 0.6) is 0 Å². The van der Waals surface area contributed by atoms with Crippen LogP contribution in [0.15, 0.2) is 36.0 Å². The Balaban J connectivity index is 1.33. The fourth-order valence-corrected chi connectivity index (χ4v) is 3.97. The summed E-state index contributed by atoms with van der Waals surface area (Å²) >= 11 is 1.55. The molecule has 0 spiro atoms. The van der Waals surface area contributed by atoms with Gasteiger partial charge >= 0.3 is 0 Å². The van der Waals surface area contributed by atoms with Crippen molar-refractivity contribution in [2.45, 2.75) is 13.0 Å². The number of nitrogens with zero attached hydrogens (tertiary/aromatic N) is 5. The summed E-state index contributed by atoms with van der Waals surface area (Å²) in [6.45, 7) is 5.47. The highest BCUT2D eigenvalue weighted by Crippen LogP contribution is 2.24. The number of hydrogen-bond acceptors (Lipinski definition) is 7. The van der Waals surface area contributed by atoms with Gasteiger partial charge in [0.05, 0.1) is 12.1 Å². The van der Waals surface area contributed by atoms with Crippen molar-refractivity contribution in [3.8, 4) is 10.6 Å². The first-order valence-corrected chi connectivity index (χ1v) is 10.1. The molecule has 1 aliphatic heterocycles. The number of amides is 1. The quantitative estimate of drug-likeness (QED) is 0.660. The van der Waals surface area contributed by atoms with Gasteiger partial charge in [0.15, 0.2) is 0 Å². The minimum absolute atomic E-state index is 0.170. The molecule has 28 heavy (non-hydrogen) atoms. The molecular weight excluding hydrogens is 374 g/mol. The van der Waals surface area contributed by atoms with Crippen LogP contribution in [0.1, 0.15) is 11.3 Å². The Kier molecular flexibility index (Phi) is 5.75. The zero-order valence-corrected chi connectivity index (χ0v) is 16.6. The van der Waals surface area contributed by atoms with Gasteiger partial charge in [-0.3, -0.25) is 15.0 Å². The lowest BCUT2D eigenvalue weighted by atomic mass is 10.1. The van der Waals surface area contributed by atoms with E-state index in [0.717, 1.165) is 49.0 Å². The van der Waals surface area contributed by atoms with Gasteiger partial charge in [-0.05, 0) is 12.6 Å². The van der Waals surface area contributed by atoms with Crippen LogP contribution in [-0.2, 0) is 17.8 Å². The van der Waals surface area contributed by atoms with Crippen molar-refractivity contribution in [1.82, 2.24) is 30.0 Å². The van der Waals surface area contributed by atoms with Crippen LogP contribution in [0.2, 0.25) is 0 Å². The topological polar surface area (TPSA) is 90.0 Å². The van der Waals surface area contributed by atoms with E-state index >= 15 is 0 Å². The number of benzene rings is 1. The Morgan fingerprint density at radius 2 is 2.00 bits per heavy atom. The van der Waals surface area contributed by atoms with E-state index in [2.05, 4.69) is 66.6 Å². The third kappa shape index (κ3) is 4.80. The number of aromatic amines is 1. The summed E-state index contributed by atoms with van der Waals surface area (Å²) in [4.78, 5) is 25.4. The largest absolute Gasteiger partial charge is 0.304 e. The zero-order valence-electron chi connectivity index (χ0n) is 15.8. The molecule has 2 N–H and O–H groups in total. The smallest absolute Gasteiger partial charge is 0.232 e. The molecule has 0 radical (unpaired) electrons. The number of rotatable bonds is 6. The Hall–Kier alpha value is -2.62. The summed E-state index contributed by atoms with van der Waals surface area (Å²) in [6, 6.07) is 8.57. The molecule has 3 aromatic rings. The Morgan fingerprint density at radius 1 is 1.21 bits per heavy atom. The molecule has 1 fully saturated rings. The van der Waals surface area contributed by atoms with Crippen molar-refractivity contribution < 1.29 is 4.79 Å². The average Bonchev–Trinajstić information content (AvgIpc) is 3.36. The molecule has 1 amide bonds. The predicted octanol–water partition coefficient (Wildman–Crippen LogP) is 1.86. The molecule has 0 unspecified atom stereocenters. The van der Waals surface area contributed by atoms with Crippen molar-refractivity contribution in [1.29, 1.82) is 0 Å². The molecule has 0 saturated carbocycles. The number of thiazole rings is 1. The van der Waals surface area contributed by atoms with Gasteiger partial charge in [-0.1, -0.05) is 24.3 Å². The summed E-state index contributed by atoms with van der Waals surface area (Å²) in [5, 5.41) is 11.8. The maximum Gasteiger partial charge on any atom is 0.232 e. The van der Waals surface area contributed by atoms with E-state index in [0.29, 0.717) is 5.95 Å². The first-order chi connectivity index (χ1) is 13.7. The average molecular weight is 398 g/mol. The molecule has 1 aliphatic rings. The molecule has 9 heteroatoms. The van der Waals surface area contributed by atoms with Crippen LogP contribution < -0.4 is 5.32 Å². The van der Waals surface area contributed by atoms with E-state index in [4.69, 9.17) is 0 Å². The number of hydrogen-bond donors (Lipinski definition) is 2. The van der Waals surface area contributed by atoms with Crippen LogP contribution in [0.4, 0.5) is 5.95 Å². The fourth-order valence-electron chi connectivity index (χ4n) is 3.14. The van der Waals surface area contributed by atoms with E-state index in [-0.39, 0.29) is 12.3 Å². The van der Waals surface area contributed by atoms with Gasteiger partial charge in [-0.15, -0.1) is 11.3 Å². The highest BCUT2D eigenvalue weighted by Gasteiger charge is 2.14. The van der Waals surface area contributed by atoms with Crippen LogP contribution in [-0.4, -0.2) is 69.1 Å². The molecule has 1 saturated heterocycles. The molecule has 8 nitrogen and oxygen atoms in total. The standard InChI is InChI=1S/C19H23N7OS/c1-25-6-8-26(9-7-25)11-14-2-4-15(5-3-14)18-22-16(12-28-18)10-17(27)23-19-20-13-21-24-19/h2-5,12-13H,6-11H2,1H3,(H2,20,21,23,24,27). The van der Waals surface area contributed by atoms with Gasteiger partial charge in [0, 0.05) is 43.7 Å². The van der Waals surface area contributed by atoms with Gasteiger partial charge in [0.25, 0.3) is 0 Å². The van der Waals surface area contributed by atoms with Crippen LogP contribution in [0, 0.1) is 0 Å². The van der Waals surface area contributed by atoms with Gasteiger partial charge in [-0.2, -0.15) is 10.1 Å². The normalized spacial score (nSPS) is 15.6. The number of carbonyl (C=O) groups is 1. The monoisotopic (exact) mass is 397 g/mol. The van der Waals surface area contributed by atoms with Crippen LogP contribution in [0.3, 0.4) is 0 Å². The lowest BCUT2D eigenvalue weighted by Crippen LogP contribution is -2.43. The first-order valence-electron chi connectivity index (χ1n) is 9.25. The van der Waals surface area contributed by atoms with Gasteiger partial charge in [0.2, 0.25) is 11.9 Å². The van der Waals surface area contributed by atoms with Gasteiger partial charge < -0.3 is 4.90 Å². The van der Waals surface area contributed by atoms with E-state index in [1.54, 1.807) is 11.3 Å². The second-order valence-corrected chi connectivity index (χ2v) is 7.84. The second kappa shape index (κ2) is 8.59. The van der Waals surface area contributed by atoms with Crippen molar-refractivity contribution >= 4 is 23.2 Å². The van der Waals surface area contributed by atoms with Gasteiger partial charge in [0.1, 0.15) is 11.3 Å². The molecule has 0 atom stereocenters. The molecule has 4 rings (SSSR count). The fraction of sp³-hybridized carbons (Fsp3) is 0.368. The lowest BCUT2D eigenvalue weighted by Gasteiger charge is -2.32. The number of anilines is 1. The van der Waals surface area contributed by atoms with Crippen molar-refractivity contribution in [3.05, 3.63) is 47.2 Å². The van der Waals surface area contributed by atoms with Crippen molar-refractivity contribution in [3.63, 3.8) is 0 Å². The van der Waals surface area contributed by atoms with Crippen molar-refractivity contribution in [2.24, 2.45) is 0 Å². The van der Waals surface area contributed by atoms with E-state index in [9.17, 15) is 4.79 Å². The molecule has 1 aromatic carbocycles. The van der Waals surface area contributed by atoms with E-state index < -0.39 is 0 Å². The molecule has 0 bridgehead atoms. The number of H-pyrrole nitrogens is 1. The first kappa shape index (κ1) is 18.7. The number of nitrogens with one attached hydrogen (secondary N) is 2. The van der Waals surface area contributed by atoms with E-state index in [1.165, 1.54) is 11.9 Å².